The molecule has 0 amide bonds. The molecule has 1 fully saturated rings. The van der Waals surface area contributed by atoms with Gasteiger partial charge >= 0.3 is 5.97 Å². The van der Waals surface area contributed by atoms with Crippen molar-refractivity contribution in [3.8, 4) is 18.1 Å². The third-order valence-electron chi connectivity index (χ3n) is 3.57. The second kappa shape index (κ2) is 8.45. The van der Waals surface area contributed by atoms with Crippen LogP contribution in [0.4, 0.5) is 0 Å². The van der Waals surface area contributed by atoms with E-state index in [4.69, 9.17) is 20.6 Å². The smallest absolute Gasteiger partial charge is 0.307 e. The van der Waals surface area contributed by atoms with Gasteiger partial charge in [-0.25, -0.2) is 0 Å². The Hall–Kier alpha value is -1.99. The molecule has 1 aliphatic rings. The van der Waals surface area contributed by atoms with Gasteiger partial charge in [0.1, 0.15) is 5.75 Å². The highest BCUT2D eigenvalue weighted by Crippen LogP contribution is 2.24. The normalized spacial score (nSPS) is 19.0. The van der Waals surface area contributed by atoms with Crippen LogP contribution < -0.4 is 4.74 Å². The Kier molecular flexibility index (Phi) is 6.29. The molecule has 1 unspecified atom stereocenters. The zero-order chi connectivity index (χ0) is 15.8. The van der Waals surface area contributed by atoms with Gasteiger partial charge in [0.2, 0.25) is 0 Å². The molecule has 1 aliphatic heterocycles. The number of ether oxygens (including phenoxy) is 3. The molecule has 1 heterocycles. The van der Waals surface area contributed by atoms with Gasteiger partial charge in [-0.05, 0) is 37.5 Å². The molecule has 1 saturated heterocycles. The third-order valence-corrected chi connectivity index (χ3v) is 3.57. The first kappa shape index (κ1) is 16.4. The van der Waals surface area contributed by atoms with E-state index in [1.165, 1.54) is 0 Å². The lowest BCUT2D eigenvalue weighted by Crippen LogP contribution is -2.24. The molecule has 0 spiro atoms. The van der Waals surface area contributed by atoms with Crippen molar-refractivity contribution in [3.05, 3.63) is 29.8 Å². The predicted molar refractivity (Wildman–Crippen MR) is 83.5 cm³/mol. The number of esters is 1. The van der Waals surface area contributed by atoms with Gasteiger partial charge in [-0.3, -0.25) is 4.79 Å². The fraction of sp³-hybridized carbons (Fsp3) is 0.500. The molecular weight excluding hydrogens is 280 g/mol. The molecular formula is C18H22O4. The number of rotatable bonds is 6. The Morgan fingerprint density at radius 3 is 2.77 bits per heavy atom. The minimum absolute atomic E-state index is 0.164. The maximum Gasteiger partial charge on any atom is 0.307 e. The Bertz CT molecular complexity index is 509. The van der Waals surface area contributed by atoms with Crippen molar-refractivity contribution in [2.75, 3.05) is 13.2 Å². The van der Waals surface area contributed by atoms with E-state index in [0.29, 0.717) is 6.61 Å². The van der Waals surface area contributed by atoms with Crippen LogP contribution in [-0.4, -0.2) is 25.5 Å². The Morgan fingerprint density at radius 2 is 2.18 bits per heavy atom. The Labute approximate surface area is 131 Å². The van der Waals surface area contributed by atoms with E-state index in [1.54, 1.807) is 6.92 Å². The van der Waals surface area contributed by atoms with E-state index in [0.717, 1.165) is 37.2 Å². The number of terminal acetylenes is 1. The van der Waals surface area contributed by atoms with Crippen molar-refractivity contribution in [1.82, 2.24) is 0 Å². The van der Waals surface area contributed by atoms with E-state index in [-0.39, 0.29) is 24.6 Å². The summed E-state index contributed by atoms with van der Waals surface area (Å²) in [6.07, 6.45) is 8.69. The summed E-state index contributed by atoms with van der Waals surface area (Å²) >= 11 is 0. The molecule has 4 heteroatoms. The van der Waals surface area contributed by atoms with Gasteiger partial charge in [-0.1, -0.05) is 18.1 Å². The number of hydrogen-bond donors (Lipinski definition) is 0. The standard InChI is InChI=1S/C18H22O4/c1-3-14(13-17(19)20-4-2)15-8-10-16(11-9-15)22-18-7-5-6-12-21-18/h1,8-11,14,18H,4-7,12-13H2,2H3/t14-,18?/m0/s1. The van der Waals surface area contributed by atoms with Crippen LogP contribution in [-0.2, 0) is 14.3 Å². The first-order chi connectivity index (χ1) is 10.7. The van der Waals surface area contributed by atoms with Gasteiger partial charge in [-0.2, -0.15) is 0 Å². The summed E-state index contributed by atoms with van der Waals surface area (Å²) in [5.74, 6) is 2.84. The van der Waals surface area contributed by atoms with Crippen LogP contribution in [0.5, 0.6) is 5.75 Å². The van der Waals surface area contributed by atoms with Crippen LogP contribution in [0, 0.1) is 12.3 Å². The quantitative estimate of drug-likeness (QED) is 0.597. The van der Waals surface area contributed by atoms with Crippen molar-refractivity contribution in [2.45, 2.75) is 44.8 Å². The van der Waals surface area contributed by atoms with Crippen molar-refractivity contribution >= 4 is 5.97 Å². The molecule has 0 radical (unpaired) electrons. The minimum Gasteiger partial charge on any atom is -0.466 e. The van der Waals surface area contributed by atoms with Gasteiger partial charge in [0, 0.05) is 6.42 Å². The highest BCUT2D eigenvalue weighted by atomic mass is 16.7. The van der Waals surface area contributed by atoms with Gasteiger partial charge < -0.3 is 14.2 Å². The molecule has 0 saturated carbocycles. The summed E-state index contributed by atoms with van der Waals surface area (Å²) in [6, 6.07) is 7.51. The van der Waals surface area contributed by atoms with E-state index in [2.05, 4.69) is 5.92 Å². The molecule has 1 aromatic carbocycles. The van der Waals surface area contributed by atoms with Crippen molar-refractivity contribution in [3.63, 3.8) is 0 Å². The van der Waals surface area contributed by atoms with Crippen molar-refractivity contribution in [2.24, 2.45) is 0 Å². The van der Waals surface area contributed by atoms with E-state index in [1.807, 2.05) is 24.3 Å². The highest BCUT2D eigenvalue weighted by molar-refractivity contribution is 5.71. The summed E-state index contributed by atoms with van der Waals surface area (Å²) in [5, 5.41) is 0. The van der Waals surface area contributed by atoms with Gasteiger partial charge in [-0.15, -0.1) is 6.42 Å². The zero-order valence-corrected chi connectivity index (χ0v) is 12.9. The van der Waals surface area contributed by atoms with E-state index in [9.17, 15) is 4.79 Å². The maximum absolute atomic E-state index is 11.6. The summed E-state index contributed by atoms with van der Waals surface area (Å²) in [7, 11) is 0. The maximum atomic E-state index is 11.6. The van der Waals surface area contributed by atoms with Gasteiger partial charge in [0.25, 0.3) is 0 Å². The molecule has 1 aromatic rings. The molecule has 4 nitrogen and oxygen atoms in total. The lowest BCUT2D eigenvalue weighted by Gasteiger charge is -2.23. The van der Waals surface area contributed by atoms with Crippen LogP contribution in [0.2, 0.25) is 0 Å². The van der Waals surface area contributed by atoms with Crippen LogP contribution in [0.1, 0.15) is 44.1 Å². The van der Waals surface area contributed by atoms with Crippen molar-refractivity contribution in [1.29, 1.82) is 0 Å². The second-order valence-corrected chi connectivity index (χ2v) is 5.21. The zero-order valence-electron chi connectivity index (χ0n) is 12.9. The highest BCUT2D eigenvalue weighted by Gasteiger charge is 2.17. The number of hydrogen-bond acceptors (Lipinski definition) is 4. The molecule has 0 aliphatic carbocycles. The average molecular weight is 302 g/mol. The van der Waals surface area contributed by atoms with Gasteiger partial charge in [0.15, 0.2) is 6.29 Å². The summed E-state index contributed by atoms with van der Waals surface area (Å²) in [5.41, 5.74) is 0.910. The van der Waals surface area contributed by atoms with Crippen LogP contribution >= 0.6 is 0 Å². The number of carbonyl (C=O) groups excluding carboxylic acids is 1. The molecule has 2 atom stereocenters. The van der Waals surface area contributed by atoms with E-state index >= 15 is 0 Å². The second-order valence-electron chi connectivity index (χ2n) is 5.21. The molecule has 22 heavy (non-hydrogen) atoms. The predicted octanol–water partition coefficient (Wildman–Crippen LogP) is 3.26. The summed E-state index contributed by atoms with van der Waals surface area (Å²) in [4.78, 5) is 11.6. The third kappa shape index (κ3) is 4.78. The summed E-state index contributed by atoms with van der Waals surface area (Å²) in [6.45, 7) is 2.90. The molecule has 0 aromatic heterocycles. The Balaban J connectivity index is 1.94. The van der Waals surface area contributed by atoms with Gasteiger partial charge in [0.05, 0.1) is 25.6 Å². The largest absolute Gasteiger partial charge is 0.466 e. The van der Waals surface area contributed by atoms with Crippen LogP contribution in [0.3, 0.4) is 0 Å². The lowest BCUT2D eigenvalue weighted by molar-refractivity contribution is -0.143. The average Bonchev–Trinajstić information content (AvgIpc) is 2.55. The topological polar surface area (TPSA) is 44.8 Å². The van der Waals surface area contributed by atoms with Crippen LogP contribution in [0.25, 0.3) is 0 Å². The minimum atomic E-state index is -0.279. The Morgan fingerprint density at radius 1 is 1.41 bits per heavy atom. The van der Waals surface area contributed by atoms with Crippen molar-refractivity contribution < 1.29 is 19.0 Å². The SMILES string of the molecule is C#C[C@@H](CC(=O)OCC)c1ccc(OC2CCCCO2)cc1. The fourth-order valence-corrected chi connectivity index (χ4v) is 2.39. The molecule has 0 N–H and O–H groups in total. The molecule has 118 valence electrons. The monoisotopic (exact) mass is 302 g/mol. The summed E-state index contributed by atoms with van der Waals surface area (Å²) < 4.78 is 16.3. The van der Waals surface area contributed by atoms with E-state index < -0.39 is 0 Å². The number of carbonyl (C=O) groups is 1. The molecule has 0 bridgehead atoms. The lowest BCUT2D eigenvalue weighted by atomic mass is 9.96. The first-order valence-corrected chi connectivity index (χ1v) is 7.73. The van der Waals surface area contributed by atoms with Crippen LogP contribution in [0.15, 0.2) is 24.3 Å². The number of benzene rings is 1. The fourth-order valence-electron chi connectivity index (χ4n) is 2.39. The first-order valence-electron chi connectivity index (χ1n) is 7.73. The molecule has 2 rings (SSSR count).